The van der Waals surface area contributed by atoms with Gasteiger partial charge in [0.2, 0.25) is 5.82 Å². The van der Waals surface area contributed by atoms with Crippen LogP contribution >= 0.6 is 15.9 Å². The van der Waals surface area contributed by atoms with Gasteiger partial charge in [-0.3, -0.25) is 10.1 Å². The molecule has 1 aromatic carbocycles. The average Bonchev–Trinajstić information content (AvgIpc) is 2.33. The van der Waals surface area contributed by atoms with E-state index in [1.807, 2.05) is 26.0 Å². The van der Waals surface area contributed by atoms with Gasteiger partial charge in [-0.05, 0) is 43.2 Å². The summed E-state index contributed by atoms with van der Waals surface area (Å²) in [6.07, 6.45) is 0. The minimum atomic E-state index is -0.488. The highest BCUT2D eigenvalue weighted by Gasteiger charge is 2.17. The third-order valence-corrected chi connectivity index (χ3v) is 3.29. The number of nitro groups is 1. The number of nitrogens with one attached hydrogen (secondary N) is 1. The average molecular weight is 337 g/mol. The molecule has 0 aliphatic heterocycles. The second kappa shape index (κ2) is 5.46. The van der Waals surface area contributed by atoms with Crippen molar-refractivity contribution < 1.29 is 4.92 Å². The molecule has 0 aliphatic carbocycles. The number of aryl methyl sites for hydroxylation is 2. The third kappa shape index (κ3) is 2.88. The van der Waals surface area contributed by atoms with E-state index in [1.54, 1.807) is 0 Å². The Hall–Kier alpha value is -2.15. The predicted molar refractivity (Wildman–Crippen MR) is 82.2 cm³/mol. The third-order valence-electron chi connectivity index (χ3n) is 2.83. The fraction of sp³-hybridized carbons (Fsp3) is 0.154. The SMILES string of the molecule is Cc1cc(Br)cc(C)c1Nc1nc(N)ccc1[N+](=O)[O-]. The number of nitrogens with two attached hydrogens (primary N) is 1. The molecule has 0 saturated carbocycles. The van der Waals surface area contributed by atoms with Crippen LogP contribution in [0, 0.1) is 24.0 Å². The molecule has 1 heterocycles. The second-order valence-electron chi connectivity index (χ2n) is 4.40. The van der Waals surface area contributed by atoms with E-state index in [0.717, 1.165) is 21.3 Å². The van der Waals surface area contributed by atoms with Crippen LogP contribution in [0.3, 0.4) is 0 Å². The first-order valence-corrected chi connectivity index (χ1v) is 6.62. The molecule has 104 valence electrons. The fourth-order valence-corrected chi connectivity index (χ4v) is 2.62. The number of anilines is 3. The smallest absolute Gasteiger partial charge is 0.311 e. The van der Waals surface area contributed by atoms with E-state index in [0.29, 0.717) is 0 Å². The number of aromatic nitrogens is 1. The van der Waals surface area contributed by atoms with Crippen LogP contribution in [0.1, 0.15) is 11.1 Å². The molecule has 0 saturated heterocycles. The van der Waals surface area contributed by atoms with Gasteiger partial charge in [-0.1, -0.05) is 15.9 Å². The van der Waals surface area contributed by atoms with Crippen molar-refractivity contribution >= 4 is 38.9 Å². The summed E-state index contributed by atoms with van der Waals surface area (Å²) in [5.41, 5.74) is 8.18. The Labute approximate surface area is 124 Å². The molecule has 2 aromatic rings. The Morgan fingerprint density at radius 1 is 1.30 bits per heavy atom. The first-order chi connectivity index (χ1) is 9.38. The van der Waals surface area contributed by atoms with Crippen molar-refractivity contribution in [2.24, 2.45) is 0 Å². The van der Waals surface area contributed by atoms with E-state index in [2.05, 4.69) is 26.2 Å². The van der Waals surface area contributed by atoms with Gasteiger partial charge < -0.3 is 11.1 Å². The Bertz CT molecular complexity index is 665. The van der Waals surface area contributed by atoms with Crippen molar-refractivity contribution in [2.45, 2.75) is 13.8 Å². The van der Waals surface area contributed by atoms with Crippen molar-refractivity contribution in [3.8, 4) is 0 Å². The lowest BCUT2D eigenvalue weighted by molar-refractivity contribution is -0.384. The van der Waals surface area contributed by atoms with Crippen LogP contribution in [0.5, 0.6) is 0 Å². The quantitative estimate of drug-likeness (QED) is 0.658. The summed E-state index contributed by atoms with van der Waals surface area (Å²) in [5.74, 6) is 0.369. The van der Waals surface area contributed by atoms with E-state index < -0.39 is 4.92 Å². The first kappa shape index (κ1) is 14.3. The van der Waals surface area contributed by atoms with Crippen LogP contribution in [0.15, 0.2) is 28.7 Å². The number of pyridine rings is 1. The summed E-state index contributed by atoms with van der Waals surface area (Å²) >= 11 is 3.41. The van der Waals surface area contributed by atoms with Crippen LogP contribution in [0.2, 0.25) is 0 Å². The molecule has 20 heavy (non-hydrogen) atoms. The van der Waals surface area contributed by atoms with E-state index >= 15 is 0 Å². The number of rotatable bonds is 3. The number of nitrogens with zero attached hydrogens (tertiary/aromatic N) is 2. The Morgan fingerprint density at radius 2 is 1.90 bits per heavy atom. The number of benzene rings is 1. The number of nitrogen functional groups attached to an aromatic ring is 1. The van der Waals surface area contributed by atoms with Crippen molar-refractivity contribution in [3.05, 3.63) is 50.0 Å². The molecule has 7 heteroatoms. The van der Waals surface area contributed by atoms with Crippen LogP contribution in [-0.2, 0) is 0 Å². The van der Waals surface area contributed by atoms with E-state index in [1.165, 1.54) is 12.1 Å². The number of hydrogen-bond donors (Lipinski definition) is 2. The van der Waals surface area contributed by atoms with Gasteiger partial charge in [-0.2, -0.15) is 0 Å². The normalized spacial score (nSPS) is 10.3. The maximum absolute atomic E-state index is 11.0. The summed E-state index contributed by atoms with van der Waals surface area (Å²) in [5, 5.41) is 14.0. The highest BCUT2D eigenvalue weighted by atomic mass is 79.9. The van der Waals surface area contributed by atoms with Gasteiger partial charge in [0.15, 0.2) is 0 Å². The molecule has 1 aromatic heterocycles. The summed E-state index contributed by atoms with van der Waals surface area (Å²) in [7, 11) is 0. The fourth-order valence-electron chi connectivity index (χ4n) is 1.93. The predicted octanol–water partition coefficient (Wildman–Crippen LogP) is 3.69. The lowest BCUT2D eigenvalue weighted by atomic mass is 10.1. The molecule has 0 radical (unpaired) electrons. The standard InChI is InChI=1S/C13H13BrN4O2/c1-7-5-9(14)6-8(2)12(7)17-13-10(18(19)20)3-4-11(15)16-13/h3-6H,1-2H3,(H3,15,16,17). The van der Waals surface area contributed by atoms with Gasteiger partial charge in [-0.25, -0.2) is 4.98 Å². The molecule has 0 bridgehead atoms. The Balaban J connectivity index is 2.50. The second-order valence-corrected chi connectivity index (χ2v) is 5.32. The monoisotopic (exact) mass is 336 g/mol. The van der Waals surface area contributed by atoms with Crippen molar-refractivity contribution in [1.29, 1.82) is 0 Å². The van der Waals surface area contributed by atoms with Gasteiger partial charge in [-0.15, -0.1) is 0 Å². The van der Waals surface area contributed by atoms with Crippen LogP contribution < -0.4 is 11.1 Å². The van der Waals surface area contributed by atoms with Crippen LogP contribution in [-0.4, -0.2) is 9.91 Å². The highest BCUT2D eigenvalue weighted by Crippen LogP contribution is 2.31. The first-order valence-electron chi connectivity index (χ1n) is 5.83. The molecule has 0 aliphatic rings. The summed E-state index contributed by atoms with van der Waals surface area (Å²) in [6, 6.07) is 6.60. The van der Waals surface area contributed by atoms with Crippen molar-refractivity contribution in [1.82, 2.24) is 4.98 Å². The lowest BCUT2D eigenvalue weighted by Gasteiger charge is -2.13. The molecular formula is C13H13BrN4O2. The summed E-state index contributed by atoms with van der Waals surface area (Å²) in [6.45, 7) is 3.83. The van der Waals surface area contributed by atoms with Gasteiger partial charge in [0, 0.05) is 16.2 Å². The van der Waals surface area contributed by atoms with Crippen molar-refractivity contribution in [2.75, 3.05) is 11.1 Å². The maximum atomic E-state index is 11.0. The molecular weight excluding hydrogens is 324 g/mol. The molecule has 0 atom stereocenters. The molecule has 0 fully saturated rings. The molecule has 0 amide bonds. The summed E-state index contributed by atoms with van der Waals surface area (Å²) in [4.78, 5) is 14.5. The van der Waals surface area contributed by atoms with Gasteiger partial charge in [0.05, 0.1) is 4.92 Å². The molecule has 2 rings (SSSR count). The van der Waals surface area contributed by atoms with Gasteiger partial charge in [0.25, 0.3) is 0 Å². The van der Waals surface area contributed by atoms with Gasteiger partial charge in [0.1, 0.15) is 5.82 Å². The van der Waals surface area contributed by atoms with E-state index in [4.69, 9.17) is 5.73 Å². The van der Waals surface area contributed by atoms with E-state index in [-0.39, 0.29) is 17.3 Å². The van der Waals surface area contributed by atoms with Crippen molar-refractivity contribution in [3.63, 3.8) is 0 Å². The zero-order valence-electron chi connectivity index (χ0n) is 11.0. The molecule has 0 spiro atoms. The minimum absolute atomic E-state index is 0.110. The minimum Gasteiger partial charge on any atom is -0.384 e. The summed E-state index contributed by atoms with van der Waals surface area (Å²) < 4.78 is 0.952. The zero-order valence-corrected chi connectivity index (χ0v) is 12.6. The molecule has 3 N–H and O–H groups in total. The topological polar surface area (TPSA) is 94.1 Å². The molecule has 6 nitrogen and oxygen atoms in total. The number of hydrogen-bond acceptors (Lipinski definition) is 5. The van der Waals surface area contributed by atoms with E-state index in [9.17, 15) is 10.1 Å². The zero-order chi connectivity index (χ0) is 14.9. The van der Waals surface area contributed by atoms with Crippen LogP contribution in [0.4, 0.5) is 23.0 Å². The largest absolute Gasteiger partial charge is 0.384 e. The van der Waals surface area contributed by atoms with Gasteiger partial charge >= 0.3 is 5.69 Å². The molecule has 0 unspecified atom stereocenters. The highest BCUT2D eigenvalue weighted by molar-refractivity contribution is 9.10. The Morgan fingerprint density at radius 3 is 2.45 bits per heavy atom. The lowest BCUT2D eigenvalue weighted by Crippen LogP contribution is -2.04. The Kier molecular flexibility index (Phi) is 3.89. The number of halogens is 1. The van der Waals surface area contributed by atoms with Crippen LogP contribution in [0.25, 0.3) is 0 Å². The maximum Gasteiger partial charge on any atom is 0.311 e.